The molecule has 31 heavy (non-hydrogen) atoms. The lowest BCUT2D eigenvalue weighted by Crippen LogP contribution is -2.49. The number of amides is 1. The predicted molar refractivity (Wildman–Crippen MR) is 113 cm³/mol. The first-order chi connectivity index (χ1) is 14.5. The van der Waals surface area contributed by atoms with Crippen molar-refractivity contribution >= 4 is 27.5 Å². The number of sulfonamides is 1. The molecule has 4 rings (SSSR count). The van der Waals surface area contributed by atoms with Crippen LogP contribution in [0.5, 0.6) is 0 Å². The number of fused-ring (bicyclic) bond motifs is 2. The predicted octanol–water partition coefficient (Wildman–Crippen LogP) is 2.13. The first-order valence-corrected chi connectivity index (χ1v) is 12.5. The molecule has 2 heterocycles. The van der Waals surface area contributed by atoms with Crippen LogP contribution in [0.2, 0.25) is 0 Å². The number of rotatable bonds is 8. The van der Waals surface area contributed by atoms with Crippen LogP contribution in [-0.2, 0) is 24.3 Å². The quantitative estimate of drug-likeness (QED) is 0.640. The van der Waals surface area contributed by atoms with Crippen LogP contribution in [0, 0.1) is 23.7 Å². The molecule has 0 spiro atoms. The highest BCUT2D eigenvalue weighted by atomic mass is 32.2. The van der Waals surface area contributed by atoms with Gasteiger partial charge in [-0.15, -0.1) is 0 Å². The van der Waals surface area contributed by atoms with E-state index in [0.29, 0.717) is 25.2 Å². The zero-order valence-electron chi connectivity index (χ0n) is 18.3. The lowest BCUT2D eigenvalue weighted by Gasteiger charge is -2.37. The van der Waals surface area contributed by atoms with Crippen LogP contribution < -0.4 is 5.32 Å². The van der Waals surface area contributed by atoms with E-state index in [1.807, 2.05) is 13.8 Å². The van der Waals surface area contributed by atoms with Gasteiger partial charge in [0, 0.05) is 31.1 Å². The van der Waals surface area contributed by atoms with Gasteiger partial charge in [-0.05, 0) is 43.9 Å². The lowest BCUT2D eigenvalue weighted by atomic mass is 9.70. The fourth-order valence-corrected chi connectivity index (χ4v) is 7.76. The molecule has 0 aromatic carbocycles. The average Bonchev–Trinajstić information content (AvgIpc) is 3.41. The number of hydrogen-bond donors (Lipinski definition) is 1. The zero-order chi connectivity index (χ0) is 22.4. The van der Waals surface area contributed by atoms with Gasteiger partial charge >= 0.3 is 0 Å². The number of anilines is 1. The maximum Gasteiger partial charge on any atom is 0.240 e. The molecule has 1 saturated heterocycles. The smallest absolute Gasteiger partial charge is 0.240 e. The molecule has 0 radical (unpaired) electrons. The Kier molecular flexibility index (Phi) is 5.76. The highest BCUT2D eigenvalue weighted by Gasteiger charge is 2.65. The fraction of sp³-hybridized carbons (Fsp3) is 0.762. The maximum atomic E-state index is 13.6. The molecule has 2 saturated carbocycles. The molecule has 2 bridgehead atoms. The SMILES string of the molecule is Cc1cc(NC(=O)CN(CC2CCCO2)S(=O)(=O)CC23CCC(CC2=O)C3(C)C)no1. The van der Waals surface area contributed by atoms with Crippen molar-refractivity contribution in [3.05, 3.63) is 11.8 Å². The number of nitrogens with one attached hydrogen (secondary N) is 1. The standard InChI is InChI=1S/C21H31N3O6S/c1-14-9-18(23-30-14)22-19(26)12-24(11-16-5-4-8-29-16)31(27,28)13-21-7-6-15(10-17(21)25)20(21,2)3/h9,15-16H,4-8,10-13H2,1-3H3,(H,22,23,26). The molecule has 3 unspecified atom stereocenters. The number of hydrogen-bond acceptors (Lipinski definition) is 7. The van der Waals surface area contributed by atoms with Crippen molar-refractivity contribution in [1.82, 2.24) is 9.46 Å². The van der Waals surface area contributed by atoms with Crippen LogP contribution in [0.3, 0.4) is 0 Å². The molecule has 1 N–H and O–H groups in total. The maximum absolute atomic E-state index is 13.6. The number of carbonyl (C=O) groups is 2. The molecule has 1 aromatic heterocycles. The summed E-state index contributed by atoms with van der Waals surface area (Å²) in [4.78, 5) is 25.5. The number of aryl methyl sites for hydroxylation is 1. The van der Waals surface area contributed by atoms with E-state index in [1.54, 1.807) is 13.0 Å². The van der Waals surface area contributed by atoms with Crippen LogP contribution in [0.1, 0.15) is 51.7 Å². The Morgan fingerprint density at radius 1 is 1.35 bits per heavy atom. The highest BCUT2D eigenvalue weighted by molar-refractivity contribution is 7.89. The normalized spacial score (nSPS) is 29.7. The van der Waals surface area contributed by atoms with Crippen molar-refractivity contribution in [3.63, 3.8) is 0 Å². The van der Waals surface area contributed by atoms with Gasteiger partial charge in [0.25, 0.3) is 0 Å². The molecule has 1 aliphatic heterocycles. The molecule has 3 aliphatic rings. The van der Waals surface area contributed by atoms with E-state index >= 15 is 0 Å². The van der Waals surface area contributed by atoms with Crippen molar-refractivity contribution in [2.45, 2.75) is 59.0 Å². The van der Waals surface area contributed by atoms with E-state index in [-0.39, 0.29) is 47.9 Å². The van der Waals surface area contributed by atoms with Crippen LogP contribution in [-0.4, -0.2) is 61.1 Å². The number of aromatic nitrogens is 1. The summed E-state index contributed by atoms with van der Waals surface area (Å²) in [6.45, 7) is 6.04. The van der Waals surface area contributed by atoms with Gasteiger partial charge in [0.15, 0.2) is 5.82 Å². The van der Waals surface area contributed by atoms with E-state index in [4.69, 9.17) is 9.26 Å². The van der Waals surface area contributed by atoms with E-state index in [1.165, 1.54) is 4.31 Å². The van der Waals surface area contributed by atoms with Gasteiger partial charge in [0.05, 0.1) is 18.4 Å². The van der Waals surface area contributed by atoms with Gasteiger partial charge in [0.2, 0.25) is 15.9 Å². The number of carbonyl (C=O) groups excluding carboxylic acids is 2. The van der Waals surface area contributed by atoms with Gasteiger partial charge in [-0.3, -0.25) is 9.59 Å². The molecule has 3 atom stereocenters. The number of ketones is 1. The summed E-state index contributed by atoms with van der Waals surface area (Å²) in [6, 6.07) is 1.56. The summed E-state index contributed by atoms with van der Waals surface area (Å²) in [5.74, 6) is 0.272. The summed E-state index contributed by atoms with van der Waals surface area (Å²) in [5, 5.41) is 6.31. The lowest BCUT2D eigenvalue weighted by molar-refractivity contribution is -0.128. The number of Topliss-reactive ketones (excluding diaryl/α,β-unsaturated/α-hetero) is 1. The van der Waals surface area contributed by atoms with Crippen LogP contribution in [0.15, 0.2) is 10.6 Å². The Morgan fingerprint density at radius 3 is 2.68 bits per heavy atom. The van der Waals surface area contributed by atoms with Gasteiger partial charge < -0.3 is 14.6 Å². The monoisotopic (exact) mass is 453 g/mol. The van der Waals surface area contributed by atoms with E-state index in [9.17, 15) is 18.0 Å². The number of nitrogens with zero attached hydrogens (tertiary/aromatic N) is 2. The molecule has 1 amide bonds. The third kappa shape index (κ3) is 4.05. The molecule has 2 aliphatic carbocycles. The minimum absolute atomic E-state index is 0.0388. The minimum atomic E-state index is -3.90. The molecule has 9 nitrogen and oxygen atoms in total. The largest absolute Gasteiger partial charge is 0.377 e. The second-order valence-corrected chi connectivity index (χ2v) is 11.7. The minimum Gasteiger partial charge on any atom is -0.377 e. The van der Waals surface area contributed by atoms with Gasteiger partial charge in [-0.2, -0.15) is 4.31 Å². The molecule has 1 aromatic rings. The third-order valence-corrected chi connectivity index (χ3v) is 9.53. The fourth-order valence-electron chi connectivity index (χ4n) is 5.57. The second-order valence-electron chi connectivity index (χ2n) is 9.72. The van der Waals surface area contributed by atoms with Crippen molar-refractivity contribution in [3.8, 4) is 0 Å². The summed E-state index contributed by atoms with van der Waals surface area (Å²) in [7, 11) is -3.90. The summed E-state index contributed by atoms with van der Waals surface area (Å²) in [5.41, 5.74) is -1.25. The Labute approximate surface area is 182 Å². The average molecular weight is 454 g/mol. The molecule has 3 fully saturated rings. The van der Waals surface area contributed by atoms with Gasteiger partial charge in [-0.1, -0.05) is 19.0 Å². The number of ether oxygens (including phenoxy) is 1. The van der Waals surface area contributed by atoms with Crippen molar-refractivity contribution in [2.75, 3.05) is 30.8 Å². The second kappa shape index (κ2) is 7.97. The Balaban J connectivity index is 1.54. The van der Waals surface area contributed by atoms with Crippen LogP contribution >= 0.6 is 0 Å². The van der Waals surface area contributed by atoms with E-state index in [0.717, 1.165) is 19.3 Å². The summed E-state index contributed by atoms with van der Waals surface area (Å²) >= 11 is 0. The van der Waals surface area contributed by atoms with Crippen LogP contribution in [0.25, 0.3) is 0 Å². The zero-order valence-corrected chi connectivity index (χ0v) is 19.2. The first kappa shape index (κ1) is 22.4. The first-order valence-electron chi connectivity index (χ1n) is 10.9. The molecule has 10 heteroatoms. The van der Waals surface area contributed by atoms with E-state index in [2.05, 4.69) is 10.5 Å². The van der Waals surface area contributed by atoms with Crippen molar-refractivity contribution < 1.29 is 27.3 Å². The third-order valence-electron chi connectivity index (χ3n) is 7.61. The van der Waals surface area contributed by atoms with Gasteiger partial charge in [-0.25, -0.2) is 8.42 Å². The molecule has 172 valence electrons. The van der Waals surface area contributed by atoms with Crippen molar-refractivity contribution in [1.29, 1.82) is 0 Å². The Hall–Kier alpha value is -1.78. The van der Waals surface area contributed by atoms with Crippen LogP contribution in [0.4, 0.5) is 5.82 Å². The molecular weight excluding hydrogens is 422 g/mol. The summed E-state index contributed by atoms with van der Waals surface area (Å²) < 4.78 is 39.0. The Bertz CT molecular complexity index is 966. The highest BCUT2D eigenvalue weighted by Crippen LogP contribution is 2.64. The topological polar surface area (TPSA) is 119 Å². The Morgan fingerprint density at radius 2 is 2.13 bits per heavy atom. The molecular formula is C21H31N3O6S. The van der Waals surface area contributed by atoms with Crippen molar-refractivity contribution in [2.24, 2.45) is 16.7 Å². The summed E-state index contributed by atoms with van der Waals surface area (Å²) in [6.07, 6.45) is 3.25. The van der Waals surface area contributed by atoms with Gasteiger partial charge in [0.1, 0.15) is 11.5 Å². The van der Waals surface area contributed by atoms with E-state index < -0.39 is 21.3 Å².